The predicted octanol–water partition coefficient (Wildman–Crippen LogP) is 3.39. The van der Waals surface area contributed by atoms with E-state index >= 15 is 0 Å². The maximum atomic E-state index is 14.1. The Kier molecular flexibility index (Phi) is 6.59. The van der Waals surface area contributed by atoms with Crippen molar-refractivity contribution >= 4 is 17.6 Å². The average molecular weight is 443 g/mol. The van der Waals surface area contributed by atoms with Gasteiger partial charge in [-0.05, 0) is 58.1 Å². The minimum Gasteiger partial charge on any atom is -0.404 e. The Morgan fingerprint density at radius 1 is 1.28 bits per heavy atom. The van der Waals surface area contributed by atoms with E-state index in [2.05, 4.69) is 31.6 Å². The average Bonchev–Trinajstić information content (AvgIpc) is 3.18. The molecule has 1 spiro atoms. The molecule has 2 saturated heterocycles. The molecular weight excluding hydrogens is 403 g/mol. The van der Waals surface area contributed by atoms with E-state index in [0.29, 0.717) is 22.6 Å². The zero-order valence-electron chi connectivity index (χ0n) is 20.1. The van der Waals surface area contributed by atoms with Crippen molar-refractivity contribution in [3.8, 4) is 0 Å². The van der Waals surface area contributed by atoms with Crippen molar-refractivity contribution in [2.45, 2.75) is 58.5 Å². The molecule has 176 valence electrons. The molecule has 6 nitrogen and oxygen atoms in total. The van der Waals surface area contributed by atoms with Crippen LogP contribution in [0, 0.1) is 11.2 Å². The second kappa shape index (κ2) is 9.10. The van der Waals surface area contributed by atoms with Crippen LogP contribution in [0.4, 0.5) is 10.2 Å². The molecule has 0 aromatic carbocycles. The monoisotopic (exact) mass is 442 g/mol. The van der Waals surface area contributed by atoms with Gasteiger partial charge in [-0.1, -0.05) is 6.92 Å². The second-order valence-electron chi connectivity index (χ2n) is 10.8. The molecule has 2 N–H and O–H groups in total. The van der Waals surface area contributed by atoms with E-state index in [4.69, 9.17) is 5.73 Å². The SMILES string of the molecule is CCN1CC2(CCC(N3CCN(c4ncc(F)cc4/C(C=NC(C)(C)C)=C/N)CC3)C2)C1. The van der Waals surface area contributed by atoms with Crippen molar-refractivity contribution in [1.29, 1.82) is 0 Å². The summed E-state index contributed by atoms with van der Waals surface area (Å²) in [7, 11) is 0. The molecule has 1 aliphatic carbocycles. The van der Waals surface area contributed by atoms with Crippen LogP contribution in [0.25, 0.3) is 5.57 Å². The highest BCUT2D eigenvalue weighted by Gasteiger charge is 2.48. The Balaban J connectivity index is 1.42. The fourth-order valence-electron chi connectivity index (χ4n) is 5.56. The lowest BCUT2D eigenvalue weighted by Gasteiger charge is -2.49. The van der Waals surface area contributed by atoms with Gasteiger partial charge in [0, 0.05) is 68.9 Å². The molecule has 1 aromatic rings. The van der Waals surface area contributed by atoms with Gasteiger partial charge in [0.15, 0.2) is 0 Å². The zero-order chi connectivity index (χ0) is 22.9. The molecule has 0 radical (unpaired) electrons. The van der Waals surface area contributed by atoms with Crippen LogP contribution in [0.2, 0.25) is 0 Å². The summed E-state index contributed by atoms with van der Waals surface area (Å²) in [6, 6.07) is 2.23. The first-order chi connectivity index (χ1) is 15.2. The number of rotatable bonds is 5. The summed E-state index contributed by atoms with van der Waals surface area (Å²) in [5.41, 5.74) is 7.68. The fourth-order valence-corrected chi connectivity index (χ4v) is 5.56. The maximum absolute atomic E-state index is 14.1. The van der Waals surface area contributed by atoms with Gasteiger partial charge in [0.2, 0.25) is 0 Å². The van der Waals surface area contributed by atoms with E-state index in [0.717, 1.165) is 32.0 Å². The third kappa shape index (κ3) is 4.99. The van der Waals surface area contributed by atoms with Gasteiger partial charge in [-0.15, -0.1) is 0 Å². The van der Waals surface area contributed by atoms with Gasteiger partial charge in [0.1, 0.15) is 11.6 Å². The maximum Gasteiger partial charge on any atom is 0.142 e. The van der Waals surface area contributed by atoms with Gasteiger partial charge < -0.3 is 15.5 Å². The molecule has 7 heteroatoms. The van der Waals surface area contributed by atoms with Gasteiger partial charge >= 0.3 is 0 Å². The Morgan fingerprint density at radius 3 is 2.62 bits per heavy atom. The number of likely N-dealkylation sites (tertiary alicyclic amines) is 1. The topological polar surface area (TPSA) is 61.0 Å². The number of allylic oxidation sites excluding steroid dienone is 1. The van der Waals surface area contributed by atoms with Crippen LogP contribution in [0.1, 0.15) is 52.5 Å². The fraction of sp³-hybridized carbons (Fsp3) is 0.680. The third-order valence-corrected chi connectivity index (χ3v) is 7.29. The summed E-state index contributed by atoms with van der Waals surface area (Å²) < 4.78 is 14.1. The van der Waals surface area contributed by atoms with Crippen molar-refractivity contribution < 1.29 is 4.39 Å². The number of aliphatic imine (C=N–C) groups is 1. The van der Waals surface area contributed by atoms with E-state index in [1.165, 1.54) is 57.4 Å². The highest BCUT2D eigenvalue weighted by atomic mass is 19.1. The molecule has 2 aliphatic heterocycles. The van der Waals surface area contributed by atoms with Crippen LogP contribution in [0.15, 0.2) is 23.5 Å². The van der Waals surface area contributed by atoms with Gasteiger partial charge in [0.05, 0.1) is 11.7 Å². The van der Waals surface area contributed by atoms with E-state index < -0.39 is 0 Å². The highest BCUT2D eigenvalue weighted by molar-refractivity contribution is 6.11. The minimum atomic E-state index is -0.358. The summed E-state index contributed by atoms with van der Waals surface area (Å²) >= 11 is 0. The molecule has 32 heavy (non-hydrogen) atoms. The van der Waals surface area contributed by atoms with Gasteiger partial charge in [-0.2, -0.15) is 0 Å². The van der Waals surface area contributed by atoms with Crippen LogP contribution in [0.5, 0.6) is 0 Å². The molecule has 1 aromatic heterocycles. The van der Waals surface area contributed by atoms with Crippen LogP contribution < -0.4 is 10.6 Å². The first kappa shape index (κ1) is 23.2. The standard InChI is InChI=1S/C25H39FN6/c1-5-30-17-25(18-30)7-6-21(13-25)31-8-10-32(11-9-31)23-22(12-20(26)16-28-23)19(14-27)15-29-24(2,3)4/h12,14-16,21H,5-11,13,17-18,27H2,1-4H3/b19-14+,29-15?. The number of anilines is 1. The van der Waals surface area contributed by atoms with Crippen molar-refractivity contribution in [2.24, 2.45) is 16.1 Å². The lowest BCUT2D eigenvalue weighted by atomic mass is 9.78. The molecule has 3 aliphatic rings. The van der Waals surface area contributed by atoms with E-state index in [-0.39, 0.29) is 11.4 Å². The summed E-state index contributed by atoms with van der Waals surface area (Å²) in [5.74, 6) is 0.437. The van der Waals surface area contributed by atoms with E-state index in [9.17, 15) is 4.39 Å². The largest absolute Gasteiger partial charge is 0.404 e. The van der Waals surface area contributed by atoms with Gasteiger partial charge in [0.25, 0.3) is 0 Å². The Bertz CT molecular complexity index is 860. The van der Waals surface area contributed by atoms with Crippen molar-refractivity contribution in [3.63, 3.8) is 0 Å². The minimum absolute atomic E-state index is 0.228. The number of hydrogen-bond donors (Lipinski definition) is 1. The summed E-state index contributed by atoms with van der Waals surface area (Å²) in [6.07, 6.45) is 8.58. The molecule has 0 bridgehead atoms. The molecule has 1 saturated carbocycles. The number of pyridine rings is 1. The summed E-state index contributed by atoms with van der Waals surface area (Å²) in [5, 5.41) is 0. The smallest absolute Gasteiger partial charge is 0.142 e. The van der Waals surface area contributed by atoms with Crippen molar-refractivity contribution in [2.75, 3.05) is 50.7 Å². The molecular formula is C25H39FN6. The van der Waals surface area contributed by atoms with Gasteiger partial charge in [-0.3, -0.25) is 9.89 Å². The summed E-state index contributed by atoms with van der Waals surface area (Å²) in [6.45, 7) is 15.9. The number of nitrogens with two attached hydrogens (primary N) is 1. The van der Waals surface area contributed by atoms with Crippen LogP contribution in [-0.4, -0.2) is 78.4 Å². The molecule has 3 heterocycles. The van der Waals surface area contributed by atoms with E-state index in [1.54, 1.807) is 6.21 Å². The number of nitrogens with zero attached hydrogens (tertiary/aromatic N) is 5. The first-order valence-electron chi connectivity index (χ1n) is 12.1. The quantitative estimate of drug-likeness (QED) is 0.709. The van der Waals surface area contributed by atoms with Crippen LogP contribution in [-0.2, 0) is 0 Å². The van der Waals surface area contributed by atoms with Crippen molar-refractivity contribution in [1.82, 2.24) is 14.8 Å². The number of hydrogen-bond acceptors (Lipinski definition) is 6. The Morgan fingerprint density at radius 2 is 2.00 bits per heavy atom. The number of aromatic nitrogens is 1. The molecule has 3 fully saturated rings. The first-order valence-corrected chi connectivity index (χ1v) is 12.1. The zero-order valence-corrected chi connectivity index (χ0v) is 20.1. The Hall–Kier alpha value is -1.99. The van der Waals surface area contributed by atoms with Gasteiger partial charge in [-0.25, -0.2) is 9.37 Å². The van der Waals surface area contributed by atoms with Crippen molar-refractivity contribution in [3.05, 3.63) is 29.8 Å². The lowest BCUT2D eigenvalue weighted by molar-refractivity contribution is 0.00366. The summed E-state index contributed by atoms with van der Waals surface area (Å²) in [4.78, 5) is 16.5. The number of halogens is 1. The third-order valence-electron chi connectivity index (χ3n) is 7.29. The van der Waals surface area contributed by atoms with E-state index in [1.807, 2.05) is 20.8 Å². The molecule has 1 unspecified atom stereocenters. The normalized spacial score (nSPS) is 25.1. The molecule has 1 atom stereocenters. The lowest BCUT2D eigenvalue weighted by Crippen LogP contribution is -2.56. The van der Waals surface area contributed by atoms with Crippen LogP contribution >= 0.6 is 0 Å². The molecule has 4 rings (SSSR count). The van der Waals surface area contributed by atoms with Crippen LogP contribution in [0.3, 0.4) is 0 Å². The number of piperazine rings is 1. The predicted molar refractivity (Wildman–Crippen MR) is 131 cm³/mol. The Labute approximate surface area is 192 Å². The molecule has 0 amide bonds. The second-order valence-corrected chi connectivity index (χ2v) is 10.8. The highest BCUT2D eigenvalue weighted by Crippen LogP contribution is 2.47.